The average molecular weight is 263 g/mol. The lowest BCUT2D eigenvalue weighted by atomic mass is 10.1. The summed E-state index contributed by atoms with van der Waals surface area (Å²) in [6, 6.07) is -1.02. The molecule has 5 nitrogen and oxygen atoms in total. The standard InChI is InChI=1S/C11H21NO4S/c1-5-7(10(15)16-6-2)17-11(3,4)8(12)9(13)14/h7-8H,5-6,12H2,1-4H3,(H,13,14)/t7?,8-/m0/s1. The number of hydrogen-bond acceptors (Lipinski definition) is 5. The zero-order chi connectivity index (χ0) is 13.6. The number of nitrogens with two attached hydrogens (primary N) is 1. The zero-order valence-corrected chi connectivity index (χ0v) is 11.5. The van der Waals surface area contributed by atoms with E-state index in [1.54, 1.807) is 20.8 Å². The Bertz CT molecular complexity index is 281. The van der Waals surface area contributed by atoms with Crippen LogP contribution in [0.3, 0.4) is 0 Å². The lowest BCUT2D eigenvalue weighted by molar-refractivity contribution is -0.143. The van der Waals surface area contributed by atoms with Gasteiger partial charge in [-0.25, -0.2) is 0 Å². The summed E-state index contributed by atoms with van der Waals surface area (Å²) in [5, 5.41) is 8.51. The highest BCUT2D eigenvalue weighted by molar-refractivity contribution is 8.02. The maximum Gasteiger partial charge on any atom is 0.321 e. The molecule has 0 aromatic rings. The minimum absolute atomic E-state index is 0.314. The van der Waals surface area contributed by atoms with Crippen molar-refractivity contribution in [3.63, 3.8) is 0 Å². The van der Waals surface area contributed by atoms with E-state index in [2.05, 4.69) is 0 Å². The third-order valence-corrected chi connectivity index (χ3v) is 4.05. The molecule has 0 heterocycles. The van der Waals surface area contributed by atoms with Crippen molar-refractivity contribution in [3.8, 4) is 0 Å². The molecule has 3 N–H and O–H groups in total. The summed E-state index contributed by atoms with van der Waals surface area (Å²) in [7, 11) is 0. The molecule has 0 aromatic carbocycles. The maximum atomic E-state index is 11.6. The number of carboxylic acids is 1. The highest BCUT2D eigenvalue weighted by atomic mass is 32.2. The molecule has 0 spiro atoms. The second-order valence-electron chi connectivity index (χ2n) is 4.19. The zero-order valence-electron chi connectivity index (χ0n) is 10.7. The smallest absolute Gasteiger partial charge is 0.321 e. The van der Waals surface area contributed by atoms with E-state index in [9.17, 15) is 9.59 Å². The van der Waals surface area contributed by atoms with Crippen molar-refractivity contribution in [1.29, 1.82) is 0 Å². The van der Waals surface area contributed by atoms with Gasteiger partial charge in [-0.05, 0) is 27.2 Å². The Morgan fingerprint density at radius 3 is 2.29 bits per heavy atom. The number of esters is 1. The third-order valence-electron chi connectivity index (χ3n) is 2.38. The Morgan fingerprint density at radius 2 is 1.94 bits per heavy atom. The van der Waals surface area contributed by atoms with Crippen molar-refractivity contribution in [2.75, 3.05) is 6.61 Å². The molecular formula is C11H21NO4S. The third kappa shape index (κ3) is 4.95. The van der Waals surface area contributed by atoms with Crippen molar-refractivity contribution in [2.45, 2.75) is 50.2 Å². The summed E-state index contributed by atoms with van der Waals surface area (Å²) in [6.07, 6.45) is 0.583. The van der Waals surface area contributed by atoms with Gasteiger partial charge in [0.05, 0.1) is 6.61 Å². The molecule has 0 saturated carbocycles. The molecule has 0 aliphatic carbocycles. The number of carbonyl (C=O) groups excluding carboxylic acids is 1. The molecule has 2 atom stereocenters. The van der Waals surface area contributed by atoms with E-state index >= 15 is 0 Å². The first-order chi connectivity index (χ1) is 7.76. The summed E-state index contributed by atoms with van der Waals surface area (Å²) in [4.78, 5) is 22.5. The minimum atomic E-state index is -1.07. The normalized spacial score (nSPS) is 15.1. The topological polar surface area (TPSA) is 89.6 Å². The van der Waals surface area contributed by atoms with E-state index in [1.807, 2.05) is 6.92 Å². The van der Waals surface area contributed by atoms with Gasteiger partial charge in [0.25, 0.3) is 0 Å². The monoisotopic (exact) mass is 263 g/mol. The minimum Gasteiger partial charge on any atom is -0.480 e. The van der Waals surface area contributed by atoms with Crippen LogP contribution in [0.2, 0.25) is 0 Å². The summed E-state index contributed by atoms with van der Waals surface area (Å²) in [5.74, 6) is -1.38. The Labute approximate surface area is 106 Å². The van der Waals surface area contributed by atoms with E-state index in [0.29, 0.717) is 13.0 Å². The predicted octanol–water partition coefficient (Wildman–Crippen LogP) is 1.25. The van der Waals surface area contributed by atoms with Gasteiger partial charge >= 0.3 is 11.9 Å². The molecule has 0 bridgehead atoms. The number of carboxylic acid groups (broad SMARTS) is 1. The van der Waals surface area contributed by atoms with Crippen LogP contribution in [0.4, 0.5) is 0 Å². The first-order valence-corrected chi connectivity index (χ1v) is 6.47. The first-order valence-electron chi connectivity index (χ1n) is 5.59. The lowest BCUT2D eigenvalue weighted by Crippen LogP contribution is -2.48. The van der Waals surface area contributed by atoms with Crippen molar-refractivity contribution < 1.29 is 19.4 Å². The molecule has 0 aliphatic heterocycles. The second-order valence-corrected chi connectivity index (χ2v) is 6.04. The molecule has 100 valence electrons. The summed E-state index contributed by atoms with van der Waals surface area (Å²) < 4.78 is 4.21. The van der Waals surface area contributed by atoms with Gasteiger partial charge in [-0.1, -0.05) is 6.92 Å². The highest BCUT2D eigenvalue weighted by Gasteiger charge is 2.37. The number of ether oxygens (including phenoxy) is 1. The van der Waals surface area contributed by atoms with Crippen LogP contribution in [-0.2, 0) is 14.3 Å². The lowest BCUT2D eigenvalue weighted by Gasteiger charge is -2.31. The van der Waals surface area contributed by atoms with Crippen molar-refractivity contribution in [1.82, 2.24) is 0 Å². The van der Waals surface area contributed by atoms with E-state index in [-0.39, 0.29) is 11.2 Å². The average Bonchev–Trinajstić information content (AvgIpc) is 2.24. The van der Waals surface area contributed by atoms with Crippen LogP contribution >= 0.6 is 11.8 Å². The van der Waals surface area contributed by atoms with E-state index in [0.717, 1.165) is 0 Å². The number of rotatable bonds is 7. The van der Waals surface area contributed by atoms with Crippen LogP contribution in [-0.4, -0.2) is 39.7 Å². The number of aliphatic carboxylic acids is 1. The van der Waals surface area contributed by atoms with Crippen LogP contribution in [0.1, 0.15) is 34.1 Å². The van der Waals surface area contributed by atoms with Gasteiger partial charge in [0.15, 0.2) is 0 Å². The van der Waals surface area contributed by atoms with Gasteiger partial charge in [0.2, 0.25) is 0 Å². The van der Waals surface area contributed by atoms with Gasteiger partial charge in [0.1, 0.15) is 11.3 Å². The van der Waals surface area contributed by atoms with Gasteiger partial charge in [-0.2, -0.15) is 0 Å². The second kappa shape index (κ2) is 6.86. The van der Waals surface area contributed by atoms with Crippen molar-refractivity contribution >= 4 is 23.7 Å². The van der Waals surface area contributed by atoms with Crippen LogP contribution in [0, 0.1) is 0 Å². The van der Waals surface area contributed by atoms with Crippen LogP contribution < -0.4 is 5.73 Å². The van der Waals surface area contributed by atoms with E-state index < -0.39 is 16.8 Å². The van der Waals surface area contributed by atoms with E-state index in [1.165, 1.54) is 11.8 Å². The molecule has 0 amide bonds. The maximum absolute atomic E-state index is 11.6. The fraction of sp³-hybridized carbons (Fsp3) is 0.818. The summed E-state index contributed by atoms with van der Waals surface area (Å²) in [6.45, 7) is 7.36. The Kier molecular flexibility index (Phi) is 6.56. The quantitative estimate of drug-likeness (QED) is 0.672. The highest BCUT2D eigenvalue weighted by Crippen LogP contribution is 2.33. The van der Waals surface area contributed by atoms with Crippen LogP contribution in [0.15, 0.2) is 0 Å². The molecule has 0 aromatic heterocycles. The molecular weight excluding hydrogens is 242 g/mol. The fourth-order valence-electron chi connectivity index (χ4n) is 1.27. The van der Waals surface area contributed by atoms with Gasteiger partial charge in [0, 0.05) is 4.75 Å². The van der Waals surface area contributed by atoms with Crippen LogP contribution in [0.25, 0.3) is 0 Å². The van der Waals surface area contributed by atoms with Gasteiger partial charge < -0.3 is 15.6 Å². The molecule has 17 heavy (non-hydrogen) atoms. The van der Waals surface area contributed by atoms with Crippen molar-refractivity contribution in [3.05, 3.63) is 0 Å². The molecule has 0 radical (unpaired) electrons. The summed E-state index contributed by atoms with van der Waals surface area (Å²) in [5.41, 5.74) is 5.60. The van der Waals surface area contributed by atoms with Crippen LogP contribution in [0.5, 0.6) is 0 Å². The summed E-state index contributed by atoms with van der Waals surface area (Å²) >= 11 is 1.25. The number of thioether (sulfide) groups is 1. The molecule has 0 fully saturated rings. The predicted molar refractivity (Wildman–Crippen MR) is 68.0 cm³/mol. The Balaban J connectivity index is 4.65. The molecule has 1 unspecified atom stereocenters. The molecule has 0 saturated heterocycles. The Morgan fingerprint density at radius 1 is 1.41 bits per heavy atom. The molecule has 6 heteroatoms. The van der Waals surface area contributed by atoms with Crippen molar-refractivity contribution in [2.24, 2.45) is 5.73 Å². The molecule has 0 aliphatic rings. The SMILES string of the molecule is CCOC(=O)C(CC)SC(C)(C)[C@@H](N)C(=O)O. The Hall–Kier alpha value is -0.750. The largest absolute Gasteiger partial charge is 0.480 e. The molecule has 0 rings (SSSR count). The first kappa shape index (κ1) is 16.2. The fourth-order valence-corrected chi connectivity index (χ4v) is 2.58. The van der Waals surface area contributed by atoms with Gasteiger partial charge in [-0.3, -0.25) is 9.59 Å². The van der Waals surface area contributed by atoms with E-state index in [4.69, 9.17) is 15.6 Å². The number of carbonyl (C=O) groups is 2. The number of hydrogen-bond donors (Lipinski definition) is 2. The van der Waals surface area contributed by atoms with Gasteiger partial charge in [-0.15, -0.1) is 11.8 Å².